The summed E-state index contributed by atoms with van der Waals surface area (Å²) < 4.78 is 0. The Hall–Kier alpha value is -1.11. The molecule has 0 aliphatic carbocycles. The van der Waals surface area contributed by atoms with Crippen LogP contribution in [0.15, 0.2) is 23.2 Å². The zero-order valence-corrected chi connectivity index (χ0v) is 11.2. The monoisotopic (exact) mass is 215 g/mol. The minimum atomic E-state index is -0.0316. The highest BCUT2D eigenvalue weighted by atomic mass is 14.9. The van der Waals surface area contributed by atoms with Crippen molar-refractivity contribution >= 4 is 5.71 Å². The van der Waals surface area contributed by atoms with Crippen LogP contribution in [-0.4, -0.2) is 11.3 Å². The van der Waals surface area contributed by atoms with E-state index in [9.17, 15) is 0 Å². The van der Waals surface area contributed by atoms with E-state index >= 15 is 0 Å². The van der Waals surface area contributed by atoms with Crippen LogP contribution in [0.1, 0.15) is 51.3 Å². The van der Waals surface area contributed by atoms with Crippen LogP contribution in [0, 0.1) is 6.92 Å². The molecule has 86 valence electrons. The molecule has 0 saturated carbocycles. The van der Waals surface area contributed by atoms with Gasteiger partial charge in [0.1, 0.15) is 0 Å². The van der Waals surface area contributed by atoms with Crippen LogP contribution in [0.2, 0.25) is 0 Å². The number of aliphatic imine (C=N–C) groups is 1. The summed E-state index contributed by atoms with van der Waals surface area (Å²) in [5, 5.41) is 0. The average molecular weight is 215 g/mol. The Bertz CT molecular complexity index is 464. The van der Waals surface area contributed by atoms with Crippen molar-refractivity contribution in [3.05, 3.63) is 34.9 Å². The van der Waals surface area contributed by atoms with Gasteiger partial charge in [-0.25, -0.2) is 0 Å². The van der Waals surface area contributed by atoms with Gasteiger partial charge in [-0.1, -0.05) is 32.0 Å². The summed E-state index contributed by atoms with van der Waals surface area (Å²) in [5.41, 5.74) is 5.40. The number of nitrogens with zero attached hydrogens (tertiary/aromatic N) is 1. The van der Waals surface area contributed by atoms with Gasteiger partial charge < -0.3 is 0 Å². The molecule has 1 heteroatoms. The number of hydrogen-bond donors (Lipinski definition) is 0. The van der Waals surface area contributed by atoms with Crippen molar-refractivity contribution in [1.29, 1.82) is 0 Å². The van der Waals surface area contributed by atoms with Gasteiger partial charge >= 0.3 is 0 Å². The number of fused-ring (bicyclic) bond motifs is 1. The smallest absolute Gasteiger partial charge is 0.0646 e. The molecule has 2 rings (SSSR count). The van der Waals surface area contributed by atoms with E-state index in [0.29, 0.717) is 0 Å². The highest BCUT2D eigenvalue weighted by molar-refractivity contribution is 6.02. The van der Waals surface area contributed by atoms with Crippen molar-refractivity contribution in [2.75, 3.05) is 0 Å². The molecule has 0 fully saturated rings. The van der Waals surface area contributed by atoms with Gasteiger partial charge in [-0.05, 0) is 44.4 Å². The fraction of sp³-hybridized carbons (Fsp3) is 0.533. The van der Waals surface area contributed by atoms with Gasteiger partial charge in [-0.2, -0.15) is 0 Å². The lowest BCUT2D eigenvalue weighted by atomic mass is 9.65. The van der Waals surface area contributed by atoms with Crippen molar-refractivity contribution in [1.82, 2.24) is 0 Å². The molecule has 1 aromatic carbocycles. The topological polar surface area (TPSA) is 12.4 Å². The molecular weight excluding hydrogens is 194 g/mol. The summed E-state index contributed by atoms with van der Waals surface area (Å²) in [4.78, 5) is 4.87. The maximum absolute atomic E-state index is 4.87. The van der Waals surface area contributed by atoms with Crippen molar-refractivity contribution in [2.45, 2.75) is 52.5 Å². The van der Waals surface area contributed by atoms with Crippen molar-refractivity contribution in [3.63, 3.8) is 0 Å². The molecule has 0 amide bonds. The molecule has 0 atom stereocenters. The Balaban J connectivity index is 2.81. The fourth-order valence-corrected chi connectivity index (χ4v) is 2.72. The average Bonchev–Trinajstić information content (AvgIpc) is 2.14. The lowest BCUT2D eigenvalue weighted by Crippen LogP contribution is -2.46. The number of benzene rings is 1. The fourth-order valence-electron chi connectivity index (χ4n) is 2.72. The van der Waals surface area contributed by atoms with E-state index < -0.39 is 0 Å². The van der Waals surface area contributed by atoms with Crippen LogP contribution < -0.4 is 0 Å². The minimum absolute atomic E-state index is 0.0316. The first-order valence-corrected chi connectivity index (χ1v) is 5.94. The first kappa shape index (κ1) is 11.4. The minimum Gasteiger partial charge on any atom is -0.282 e. The molecule has 1 aliphatic rings. The lowest BCUT2D eigenvalue weighted by molar-refractivity contribution is 0.302. The predicted molar refractivity (Wildman–Crippen MR) is 70.5 cm³/mol. The van der Waals surface area contributed by atoms with Crippen molar-refractivity contribution < 1.29 is 0 Å². The first-order chi connectivity index (χ1) is 7.27. The van der Waals surface area contributed by atoms with E-state index in [-0.39, 0.29) is 11.0 Å². The molecule has 0 radical (unpaired) electrons. The van der Waals surface area contributed by atoms with Crippen molar-refractivity contribution in [3.8, 4) is 0 Å². The molecule has 0 bridgehead atoms. The number of aryl methyl sites for hydroxylation is 1. The SMILES string of the molecule is CC1=NC(C)(C)C(C)(C)c2c(C)cccc21. The van der Waals surface area contributed by atoms with Gasteiger partial charge in [0.05, 0.1) is 5.54 Å². The normalized spacial score (nSPS) is 21.2. The number of rotatable bonds is 0. The van der Waals surface area contributed by atoms with Gasteiger partial charge in [-0.15, -0.1) is 0 Å². The zero-order valence-electron chi connectivity index (χ0n) is 11.2. The highest BCUT2D eigenvalue weighted by Crippen LogP contribution is 2.44. The molecule has 1 heterocycles. The van der Waals surface area contributed by atoms with E-state index in [1.165, 1.54) is 22.4 Å². The summed E-state index contributed by atoms with van der Waals surface area (Å²) in [5.74, 6) is 0. The second kappa shape index (κ2) is 3.19. The molecule has 0 aromatic heterocycles. The predicted octanol–water partition coefficient (Wildman–Crippen LogP) is 3.87. The van der Waals surface area contributed by atoms with Crippen LogP contribution >= 0.6 is 0 Å². The second-order valence-electron chi connectivity index (χ2n) is 5.88. The molecule has 0 N–H and O–H groups in total. The van der Waals surface area contributed by atoms with Crippen LogP contribution in [0.25, 0.3) is 0 Å². The Morgan fingerprint density at radius 2 is 1.62 bits per heavy atom. The van der Waals surface area contributed by atoms with Gasteiger partial charge in [0.25, 0.3) is 0 Å². The van der Waals surface area contributed by atoms with E-state index in [4.69, 9.17) is 4.99 Å². The second-order valence-corrected chi connectivity index (χ2v) is 5.88. The van der Waals surface area contributed by atoms with Gasteiger partial charge in [-0.3, -0.25) is 4.99 Å². The zero-order chi connectivity index (χ0) is 12.1. The van der Waals surface area contributed by atoms with E-state index in [2.05, 4.69) is 59.7 Å². The lowest BCUT2D eigenvalue weighted by Gasteiger charge is -2.44. The third-order valence-electron chi connectivity index (χ3n) is 4.26. The maximum atomic E-state index is 4.87. The first-order valence-electron chi connectivity index (χ1n) is 5.94. The Morgan fingerprint density at radius 3 is 2.25 bits per heavy atom. The van der Waals surface area contributed by atoms with Crippen LogP contribution in [0.3, 0.4) is 0 Å². The third-order valence-corrected chi connectivity index (χ3v) is 4.26. The Morgan fingerprint density at radius 1 is 1.00 bits per heavy atom. The quantitative estimate of drug-likeness (QED) is 0.623. The van der Waals surface area contributed by atoms with Crippen LogP contribution in [0.5, 0.6) is 0 Å². The third kappa shape index (κ3) is 1.34. The van der Waals surface area contributed by atoms with Gasteiger partial charge in [0.15, 0.2) is 0 Å². The number of hydrogen-bond acceptors (Lipinski definition) is 1. The molecule has 0 saturated heterocycles. The molecule has 1 nitrogen and oxygen atoms in total. The van der Waals surface area contributed by atoms with Gasteiger partial charge in [0.2, 0.25) is 0 Å². The molecule has 1 aromatic rings. The van der Waals surface area contributed by atoms with Crippen LogP contribution in [0.4, 0.5) is 0 Å². The van der Waals surface area contributed by atoms with Gasteiger partial charge in [0, 0.05) is 11.1 Å². The van der Waals surface area contributed by atoms with E-state index in [1.807, 2.05) is 0 Å². The summed E-state index contributed by atoms with van der Waals surface area (Å²) in [6.45, 7) is 13.4. The Labute approximate surface area is 98.6 Å². The summed E-state index contributed by atoms with van der Waals surface area (Å²) in [6.07, 6.45) is 0. The molecule has 1 aliphatic heterocycles. The van der Waals surface area contributed by atoms with E-state index in [0.717, 1.165) is 0 Å². The van der Waals surface area contributed by atoms with E-state index in [1.54, 1.807) is 0 Å². The summed E-state index contributed by atoms with van der Waals surface area (Å²) >= 11 is 0. The largest absolute Gasteiger partial charge is 0.282 e. The molecule has 0 unspecified atom stereocenters. The summed E-state index contributed by atoms with van der Waals surface area (Å²) in [7, 11) is 0. The van der Waals surface area contributed by atoms with Crippen molar-refractivity contribution in [2.24, 2.45) is 4.99 Å². The van der Waals surface area contributed by atoms with Crippen LogP contribution in [-0.2, 0) is 5.41 Å². The highest BCUT2D eigenvalue weighted by Gasteiger charge is 2.43. The molecule has 16 heavy (non-hydrogen) atoms. The Kier molecular flexibility index (Phi) is 2.27. The standard InChI is InChI=1S/C15H21N/c1-10-8-7-9-12-11(2)16-15(5,6)14(3,4)13(10)12/h7-9H,1-6H3. The molecule has 0 spiro atoms. The molecular formula is C15H21N. The summed E-state index contributed by atoms with van der Waals surface area (Å²) in [6, 6.07) is 6.52. The maximum Gasteiger partial charge on any atom is 0.0646 e.